The maximum Gasteiger partial charge on any atom is 0.281 e. The molecule has 1 aliphatic heterocycles. The van der Waals surface area contributed by atoms with Gasteiger partial charge in [0.05, 0.1) is 12.4 Å². The number of nitrogens with two attached hydrogens (primary N) is 1. The minimum atomic E-state index is -2.66. The van der Waals surface area contributed by atoms with Crippen LogP contribution in [0.15, 0.2) is 30.9 Å². The highest BCUT2D eigenvalue weighted by molar-refractivity contribution is 7.95. The molecule has 27 heavy (non-hydrogen) atoms. The number of nitrogens with one attached hydrogen (secondary N) is 1. The summed E-state index contributed by atoms with van der Waals surface area (Å²) in [4.78, 5) is 19.1. The Kier molecular flexibility index (Phi) is 5.14. The number of piperidine rings is 1. The molecular weight excluding hydrogens is 374 g/mol. The van der Waals surface area contributed by atoms with Crippen molar-refractivity contribution in [3.8, 4) is 11.5 Å². The summed E-state index contributed by atoms with van der Waals surface area (Å²) in [6, 6.07) is 2.12. The number of anilines is 1. The van der Waals surface area contributed by atoms with Gasteiger partial charge in [0.2, 0.25) is 0 Å². The molecule has 3 aromatic rings. The molecule has 1 unspecified atom stereocenters. The van der Waals surface area contributed by atoms with Crippen molar-refractivity contribution in [3.63, 3.8) is 0 Å². The van der Waals surface area contributed by atoms with Crippen LogP contribution in [-0.4, -0.2) is 43.5 Å². The van der Waals surface area contributed by atoms with Crippen LogP contribution in [-0.2, 0) is 0 Å². The number of rotatable bonds is 5. The summed E-state index contributed by atoms with van der Waals surface area (Å²) in [5, 5.41) is 5.51. The quantitative estimate of drug-likeness (QED) is 0.638. The van der Waals surface area contributed by atoms with E-state index in [2.05, 4.69) is 29.6 Å². The summed E-state index contributed by atoms with van der Waals surface area (Å²) in [6.45, 7) is 1.67. The van der Waals surface area contributed by atoms with E-state index < -0.39 is 6.43 Å². The van der Waals surface area contributed by atoms with Crippen LogP contribution in [0.5, 0.6) is 0 Å². The standard InChI is InChI=1S/C16H18F2N8S/c17-15(18)11-9-26-12(6-22-14(26)7-21-11)16-20-4-3-13(23-16)25-5-1-2-10(8-25)24-27-19/h3-4,6-7,9-10,15,24H,1-2,5,8,19H2. The van der Waals surface area contributed by atoms with E-state index in [4.69, 9.17) is 5.14 Å². The van der Waals surface area contributed by atoms with E-state index in [-0.39, 0.29) is 11.7 Å². The minimum Gasteiger partial charge on any atom is -0.355 e. The summed E-state index contributed by atoms with van der Waals surface area (Å²) in [6.07, 6.45) is 5.25. The molecular formula is C16H18F2N8S. The summed E-state index contributed by atoms with van der Waals surface area (Å²) < 4.78 is 30.7. The van der Waals surface area contributed by atoms with Crippen molar-refractivity contribution in [2.24, 2.45) is 5.14 Å². The zero-order chi connectivity index (χ0) is 18.8. The number of imidazole rings is 1. The van der Waals surface area contributed by atoms with E-state index in [0.29, 0.717) is 17.2 Å². The lowest BCUT2D eigenvalue weighted by Gasteiger charge is -2.33. The SMILES string of the molecule is NSNC1CCCN(c2ccnc(-c3cnc4cnc(C(F)F)cn34)n2)C1. The van der Waals surface area contributed by atoms with Crippen molar-refractivity contribution in [3.05, 3.63) is 36.5 Å². The van der Waals surface area contributed by atoms with Gasteiger partial charge in [0.1, 0.15) is 17.2 Å². The van der Waals surface area contributed by atoms with Crippen LogP contribution in [0, 0.1) is 0 Å². The Morgan fingerprint density at radius 3 is 2.96 bits per heavy atom. The molecule has 0 saturated carbocycles. The van der Waals surface area contributed by atoms with E-state index in [1.165, 1.54) is 12.4 Å². The summed E-state index contributed by atoms with van der Waals surface area (Å²) >= 11 is 1.12. The predicted octanol–water partition coefficient (Wildman–Crippen LogP) is 2.20. The van der Waals surface area contributed by atoms with E-state index >= 15 is 0 Å². The number of halogens is 2. The van der Waals surface area contributed by atoms with Gasteiger partial charge in [-0.15, -0.1) is 0 Å². The van der Waals surface area contributed by atoms with Crippen molar-refractivity contribution < 1.29 is 8.78 Å². The number of hydrogen-bond donors (Lipinski definition) is 2. The Morgan fingerprint density at radius 1 is 1.26 bits per heavy atom. The highest BCUT2D eigenvalue weighted by atomic mass is 32.2. The van der Waals surface area contributed by atoms with Gasteiger partial charge in [0.15, 0.2) is 11.5 Å². The molecule has 142 valence electrons. The molecule has 11 heteroatoms. The van der Waals surface area contributed by atoms with Gasteiger partial charge in [0.25, 0.3) is 6.43 Å². The Balaban J connectivity index is 1.66. The van der Waals surface area contributed by atoms with E-state index in [0.717, 1.165) is 43.9 Å². The molecule has 1 atom stereocenters. The molecule has 4 rings (SSSR count). The third kappa shape index (κ3) is 3.70. The number of hydrogen-bond acceptors (Lipinski definition) is 8. The number of nitrogens with zero attached hydrogens (tertiary/aromatic N) is 6. The molecule has 0 aromatic carbocycles. The zero-order valence-electron chi connectivity index (χ0n) is 14.3. The molecule has 1 fully saturated rings. The minimum absolute atomic E-state index is 0.280. The highest BCUT2D eigenvalue weighted by Crippen LogP contribution is 2.24. The van der Waals surface area contributed by atoms with Crippen LogP contribution in [0.1, 0.15) is 25.0 Å². The normalized spacial score (nSPS) is 17.8. The van der Waals surface area contributed by atoms with Crippen molar-refractivity contribution in [1.29, 1.82) is 0 Å². The van der Waals surface area contributed by atoms with Crippen LogP contribution in [0.2, 0.25) is 0 Å². The van der Waals surface area contributed by atoms with Gasteiger partial charge in [-0.2, -0.15) is 0 Å². The highest BCUT2D eigenvalue weighted by Gasteiger charge is 2.21. The predicted molar refractivity (Wildman–Crippen MR) is 99.1 cm³/mol. The molecule has 0 radical (unpaired) electrons. The van der Waals surface area contributed by atoms with Gasteiger partial charge in [-0.25, -0.2) is 33.4 Å². The van der Waals surface area contributed by atoms with Gasteiger partial charge in [-0.3, -0.25) is 9.54 Å². The Morgan fingerprint density at radius 2 is 2.15 bits per heavy atom. The Hall–Kier alpha value is -2.37. The maximum atomic E-state index is 13.0. The fourth-order valence-electron chi connectivity index (χ4n) is 3.21. The fraction of sp³-hybridized carbons (Fsp3) is 0.375. The number of alkyl halides is 2. The second-order valence-electron chi connectivity index (χ2n) is 6.24. The first-order valence-electron chi connectivity index (χ1n) is 8.46. The molecule has 1 saturated heterocycles. The molecule has 1 aliphatic rings. The molecule has 3 aromatic heterocycles. The van der Waals surface area contributed by atoms with Crippen molar-refractivity contribution in [1.82, 2.24) is 29.1 Å². The van der Waals surface area contributed by atoms with Crippen LogP contribution in [0.3, 0.4) is 0 Å². The monoisotopic (exact) mass is 392 g/mol. The summed E-state index contributed by atoms with van der Waals surface area (Å²) in [5.41, 5.74) is 0.688. The average Bonchev–Trinajstić information content (AvgIpc) is 3.12. The van der Waals surface area contributed by atoms with Crippen molar-refractivity contribution in [2.75, 3.05) is 18.0 Å². The summed E-state index contributed by atoms with van der Waals surface area (Å²) in [5.74, 6) is 1.21. The molecule has 0 aliphatic carbocycles. The van der Waals surface area contributed by atoms with Gasteiger partial charge in [-0.05, 0) is 18.9 Å². The number of fused-ring (bicyclic) bond motifs is 1. The maximum absolute atomic E-state index is 13.0. The lowest BCUT2D eigenvalue weighted by Crippen LogP contribution is -2.44. The van der Waals surface area contributed by atoms with E-state index in [9.17, 15) is 8.78 Å². The van der Waals surface area contributed by atoms with Crippen LogP contribution in [0.4, 0.5) is 14.6 Å². The molecule has 0 spiro atoms. The first kappa shape index (κ1) is 18.0. The van der Waals surface area contributed by atoms with Crippen LogP contribution < -0.4 is 14.8 Å². The zero-order valence-corrected chi connectivity index (χ0v) is 15.1. The number of aromatic nitrogens is 5. The lowest BCUT2D eigenvalue weighted by atomic mass is 10.1. The molecule has 4 heterocycles. The first-order chi connectivity index (χ1) is 13.2. The fourth-order valence-corrected chi connectivity index (χ4v) is 3.59. The molecule has 0 bridgehead atoms. The Bertz CT molecular complexity index is 932. The van der Waals surface area contributed by atoms with Gasteiger partial charge in [-0.1, -0.05) is 0 Å². The molecule has 3 N–H and O–H groups in total. The third-order valence-electron chi connectivity index (χ3n) is 4.49. The summed E-state index contributed by atoms with van der Waals surface area (Å²) in [7, 11) is 0. The van der Waals surface area contributed by atoms with Crippen molar-refractivity contribution >= 4 is 23.6 Å². The largest absolute Gasteiger partial charge is 0.355 e. The van der Waals surface area contributed by atoms with E-state index in [1.54, 1.807) is 16.8 Å². The first-order valence-corrected chi connectivity index (χ1v) is 9.34. The van der Waals surface area contributed by atoms with Crippen LogP contribution >= 0.6 is 12.1 Å². The van der Waals surface area contributed by atoms with Gasteiger partial charge < -0.3 is 4.90 Å². The van der Waals surface area contributed by atoms with E-state index in [1.807, 2.05) is 6.07 Å². The van der Waals surface area contributed by atoms with Gasteiger partial charge in [0, 0.05) is 43.7 Å². The molecule has 8 nitrogen and oxygen atoms in total. The third-order valence-corrected chi connectivity index (χ3v) is 4.96. The topological polar surface area (TPSA) is 97.3 Å². The Labute approximate surface area is 158 Å². The van der Waals surface area contributed by atoms with Crippen molar-refractivity contribution in [2.45, 2.75) is 25.3 Å². The second kappa shape index (κ2) is 7.71. The average molecular weight is 392 g/mol. The smallest absolute Gasteiger partial charge is 0.281 e. The molecule has 0 amide bonds. The lowest BCUT2D eigenvalue weighted by molar-refractivity contribution is 0.145. The van der Waals surface area contributed by atoms with Crippen LogP contribution in [0.25, 0.3) is 17.2 Å². The second-order valence-corrected chi connectivity index (χ2v) is 6.72. The van der Waals surface area contributed by atoms with Gasteiger partial charge >= 0.3 is 0 Å².